The Morgan fingerprint density at radius 2 is 1.93 bits per heavy atom. The number of fused-ring (bicyclic) bond motifs is 5. The standard InChI is InChI=1S/C20H13F3N2O3/c21-20(22,23)11-3-5-15-12(8-11)13-9-17(26)24-16-4-1-10(2-6-18(27)28)7-14(16)19(13)25-15/h1-8,25H,9H2,(H,24,26)(H,27,28). The minimum Gasteiger partial charge on any atom is -0.478 e. The van der Waals surface area contributed by atoms with E-state index in [1.54, 1.807) is 18.2 Å². The number of carbonyl (C=O) groups excluding carboxylic acids is 1. The van der Waals surface area contributed by atoms with E-state index in [1.807, 2.05) is 0 Å². The molecule has 1 amide bonds. The molecule has 0 atom stereocenters. The minimum absolute atomic E-state index is 0.0778. The van der Waals surface area contributed by atoms with Crippen LogP contribution in [0.2, 0.25) is 0 Å². The first-order valence-electron chi connectivity index (χ1n) is 8.29. The van der Waals surface area contributed by atoms with Gasteiger partial charge in [-0.2, -0.15) is 13.2 Å². The van der Waals surface area contributed by atoms with Crippen LogP contribution < -0.4 is 5.32 Å². The van der Waals surface area contributed by atoms with Gasteiger partial charge in [-0.15, -0.1) is 0 Å². The molecule has 0 saturated heterocycles. The van der Waals surface area contributed by atoms with E-state index in [1.165, 1.54) is 12.1 Å². The lowest BCUT2D eigenvalue weighted by atomic mass is 10.00. The van der Waals surface area contributed by atoms with Crippen LogP contribution in [0.3, 0.4) is 0 Å². The second-order valence-corrected chi connectivity index (χ2v) is 6.44. The Morgan fingerprint density at radius 3 is 2.64 bits per heavy atom. The number of H-pyrrole nitrogens is 1. The van der Waals surface area contributed by atoms with Gasteiger partial charge in [-0.3, -0.25) is 4.79 Å². The molecule has 0 saturated carbocycles. The third-order valence-corrected chi connectivity index (χ3v) is 4.58. The zero-order chi connectivity index (χ0) is 20.1. The van der Waals surface area contributed by atoms with E-state index in [0.717, 1.165) is 18.2 Å². The lowest BCUT2D eigenvalue weighted by molar-refractivity contribution is -0.137. The Hall–Kier alpha value is -3.55. The van der Waals surface area contributed by atoms with Crippen molar-refractivity contribution in [3.63, 3.8) is 0 Å². The second kappa shape index (κ2) is 6.26. The van der Waals surface area contributed by atoms with Crippen LogP contribution in [0.15, 0.2) is 42.5 Å². The number of amides is 1. The summed E-state index contributed by atoms with van der Waals surface area (Å²) < 4.78 is 39.3. The molecule has 8 heteroatoms. The molecule has 4 rings (SSSR count). The number of nitrogens with one attached hydrogen (secondary N) is 2. The molecule has 0 radical (unpaired) electrons. The van der Waals surface area contributed by atoms with Crippen LogP contribution >= 0.6 is 0 Å². The first-order chi connectivity index (χ1) is 13.2. The number of anilines is 1. The van der Waals surface area contributed by atoms with Crippen molar-refractivity contribution in [3.8, 4) is 11.3 Å². The number of hydrogen-bond acceptors (Lipinski definition) is 2. The first kappa shape index (κ1) is 17.8. The average molecular weight is 386 g/mol. The van der Waals surface area contributed by atoms with E-state index in [0.29, 0.717) is 39.0 Å². The van der Waals surface area contributed by atoms with E-state index in [9.17, 15) is 22.8 Å². The first-order valence-corrected chi connectivity index (χ1v) is 8.29. The van der Waals surface area contributed by atoms with Crippen LogP contribution in [0.5, 0.6) is 0 Å². The lowest BCUT2D eigenvalue weighted by Crippen LogP contribution is -2.12. The maximum Gasteiger partial charge on any atom is 0.416 e. The highest BCUT2D eigenvalue weighted by Gasteiger charge is 2.32. The van der Waals surface area contributed by atoms with Gasteiger partial charge in [0.25, 0.3) is 0 Å². The van der Waals surface area contributed by atoms with E-state index in [4.69, 9.17) is 5.11 Å². The van der Waals surface area contributed by atoms with E-state index >= 15 is 0 Å². The topological polar surface area (TPSA) is 82.2 Å². The van der Waals surface area contributed by atoms with E-state index < -0.39 is 17.7 Å². The third kappa shape index (κ3) is 3.13. The number of carboxylic acid groups (broad SMARTS) is 1. The second-order valence-electron chi connectivity index (χ2n) is 6.44. The number of aliphatic carboxylic acids is 1. The smallest absolute Gasteiger partial charge is 0.416 e. The Balaban J connectivity index is 1.94. The van der Waals surface area contributed by atoms with Crippen LogP contribution in [0.25, 0.3) is 28.2 Å². The molecule has 0 fully saturated rings. The fourth-order valence-electron chi connectivity index (χ4n) is 3.34. The SMILES string of the molecule is O=C(O)C=Cc1ccc2c(c1)-c1[nH]c3ccc(C(F)(F)F)cc3c1CC(=O)N2. The Labute approximate surface area is 156 Å². The molecule has 0 bridgehead atoms. The number of carbonyl (C=O) groups is 2. The summed E-state index contributed by atoms with van der Waals surface area (Å²) in [6.45, 7) is 0. The Bertz CT molecular complexity index is 1160. The van der Waals surface area contributed by atoms with Crippen LogP contribution in [0.4, 0.5) is 18.9 Å². The monoisotopic (exact) mass is 386 g/mol. The van der Waals surface area contributed by atoms with Crippen molar-refractivity contribution in [2.45, 2.75) is 12.6 Å². The summed E-state index contributed by atoms with van der Waals surface area (Å²) in [6, 6.07) is 8.34. The number of carboxylic acids is 1. The van der Waals surface area contributed by atoms with Crippen LogP contribution in [0.1, 0.15) is 16.7 Å². The van der Waals surface area contributed by atoms with Gasteiger partial charge in [-0.05, 0) is 47.5 Å². The zero-order valence-corrected chi connectivity index (χ0v) is 14.2. The summed E-state index contributed by atoms with van der Waals surface area (Å²) in [5.74, 6) is -1.44. The summed E-state index contributed by atoms with van der Waals surface area (Å²) >= 11 is 0. The van der Waals surface area contributed by atoms with Gasteiger partial charge in [0.15, 0.2) is 0 Å². The van der Waals surface area contributed by atoms with Crippen molar-refractivity contribution < 1.29 is 27.9 Å². The molecule has 5 nitrogen and oxygen atoms in total. The molecule has 0 aliphatic carbocycles. The highest BCUT2D eigenvalue weighted by atomic mass is 19.4. The van der Waals surface area contributed by atoms with Gasteiger partial charge in [-0.1, -0.05) is 6.07 Å². The summed E-state index contributed by atoms with van der Waals surface area (Å²) in [5.41, 5.74) is 2.37. The van der Waals surface area contributed by atoms with Gasteiger partial charge >= 0.3 is 12.1 Å². The molecule has 2 heterocycles. The van der Waals surface area contributed by atoms with Gasteiger partial charge in [0.05, 0.1) is 23.4 Å². The molecule has 1 aliphatic heterocycles. The van der Waals surface area contributed by atoms with Crippen molar-refractivity contribution >= 4 is 34.5 Å². The van der Waals surface area contributed by atoms with E-state index in [2.05, 4.69) is 10.3 Å². The molecule has 28 heavy (non-hydrogen) atoms. The molecule has 0 spiro atoms. The number of rotatable bonds is 2. The maximum atomic E-state index is 13.1. The number of aromatic amines is 1. The van der Waals surface area contributed by atoms with Crippen molar-refractivity contribution in [1.82, 2.24) is 4.98 Å². The fourth-order valence-corrected chi connectivity index (χ4v) is 3.34. The summed E-state index contributed by atoms with van der Waals surface area (Å²) in [6.07, 6.45) is -2.18. The van der Waals surface area contributed by atoms with Gasteiger partial charge in [-0.25, -0.2) is 4.79 Å². The number of alkyl halides is 3. The molecule has 0 unspecified atom stereocenters. The third-order valence-electron chi connectivity index (χ3n) is 4.58. The molecule has 2 aromatic carbocycles. The minimum atomic E-state index is -4.49. The number of aromatic nitrogens is 1. The van der Waals surface area contributed by atoms with Crippen molar-refractivity contribution in [2.24, 2.45) is 0 Å². The number of benzene rings is 2. The predicted molar refractivity (Wildman–Crippen MR) is 97.7 cm³/mol. The van der Waals surface area contributed by atoms with Gasteiger partial charge < -0.3 is 15.4 Å². The van der Waals surface area contributed by atoms with Crippen LogP contribution in [-0.2, 0) is 22.2 Å². The maximum absolute atomic E-state index is 13.1. The van der Waals surface area contributed by atoms with Gasteiger partial charge in [0.2, 0.25) is 5.91 Å². The van der Waals surface area contributed by atoms with Gasteiger partial charge in [0, 0.05) is 22.5 Å². The lowest BCUT2D eigenvalue weighted by Gasteiger charge is -2.08. The summed E-state index contributed by atoms with van der Waals surface area (Å²) in [7, 11) is 0. The van der Waals surface area contributed by atoms with E-state index in [-0.39, 0.29) is 12.3 Å². The Kier molecular flexibility index (Phi) is 3.99. The summed E-state index contributed by atoms with van der Waals surface area (Å²) in [5, 5.41) is 11.9. The molecule has 1 aromatic heterocycles. The van der Waals surface area contributed by atoms with Crippen molar-refractivity contribution in [2.75, 3.05) is 5.32 Å². The van der Waals surface area contributed by atoms with Gasteiger partial charge in [0.1, 0.15) is 0 Å². The molecule has 1 aliphatic rings. The quantitative estimate of drug-likeness (QED) is 0.569. The van der Waals surface area contributed by atoms with Crippen LogP contribution in [-0.4, -0.2) is 22.0 Å². The number of hydrogen-bond donors (Lipinski definition) is 3. The highest BCUT2D eigenvalue weighted by molar-refractivity contribution is 6.05. The van der Waals surface area contributed by atoms with Crippen molar-refractivity contribution in [1.29, 1.82) is 0 Å². The van der Waals surface area contributed by atoms with Crippen LogP contribution in [0, 0.1) is 0 Å². The molecular formula is C20H13F3N2O3. The molecule has 3 N–H and O–H groups in total. The zero-order valence-electron chi connectivity index (χ0n) is 14.2. The van der Waals surface area contributed by atoms with Crippen molar-refractivity contribution in [3.05, 3.63) is 59.2 Å². The summed E-state index contributed by atoms with van der Waals surface area (Å²) in [4.78, 5) is 26.1. The largest absolute Gasteiger partial charge is 0.478 e. The predicted octanol–water partition coefficient (Wildman–Crippen LogP) is 4.45. The normalized spacial score (nSPS) is 13.9. The number of halogens is 3. The molecule has 142 valence electrons. The average Bonchev–Trinajstić information content (AvgIpc) is 2.90. The molecule has 3 aromatic rings. The highest BCUT2D eigenvalue weighted by Crippen LogP contribution is 2.40. The fraction of sp³-hybridized carbons (Fsp3) is 0.100. The Morgan fingerprint density at radius 1 is 1.14 bits per heavy atom. The molecular weight excluding hydrogens is 373 g/mol.